The Labute approximate surface area is 142 Å². The Morgan fingerprint density at radius 3 is 2.87 bits per heavy atom. The molecule has 1 aromatic heterocycles. The normalized spacial score (nSPS) is 11.0. The molecular weight excluding hydrogens is 334 g/mol. The van der Waals surface area contributed by atoms with Crippen molar-refractivity contribution < 1.29 is 13.9 Å². The molecule has 2 rings (SSSR count). The number of fused-ring (bicyclic) bond motifs is 1. The van der Waals surface area contributed by atoms with Crippen LogP contribution in [-0.2, 0) is 0 Å². The van der Waals surface area contributed by atoms with E-state index in [1.807, 2.05) is 6.92 Å². The van der Waals surface area contributed by atoms with Gasteiger partial charge >= 0.3 is 11.7 Å². The second-order valence-corrected chi connectivity index (χ2v) is 8.25. The summed E-state index contributed by atoms with van der Waals surface area (Å²) >= 11 is 0. The lowest BCUT2D eigenvalue weighted by Gasteiger charge is -2.08. The van der Waals surface area contributed by atoms with E-state index in [0.717, 1.165) is 16.7 Å². The first kappa shape index (κ1) is 17.7. The first-order chi connectivity index (χ1) is 11.0. The van der Waals surface area contributed by atoms with Gasteiger partial charge in [0.1, 0.15) is 11.3 Å². The summed E-state index contributed by atoms with van der Waals surface area (Å²) in [5.41, 5.74) is 0.812. The number of hydrogen-bond acceptors (Lipinski definition) is 6. The van der Waals surface area contributed by atoms with Gasteiger partial charge in [-0.3, -0.25) is 0 Å². The Morgan fingerprint density at radius 2 is 2.13 bits per heavy atom. The lowest BCUT2D eigenvalue weighted by atomic mass is 10.1. The first-order valence-corrected chi connectivity index (χ1v) is 9.62. The standard InChI is InChI=1S/C16H19NO4S2/c1-10(2)23-22-7-6-17-16(19)20-12-4-5-13-11(3)8-15(18)21-14(13)9-12/h4-5,8-10H,6-7H2,1-3H3,(H,17,19). The zero-order chi connectivity index (χ0) is 16.8. The van der Waals surface area contributed by atoms with Crippen LogP contribution in [0.15, 0.2) is 33.5 Å². The lowest BCUT2D eigenvalue weighted by molar-refractivity contribution is 0.201. The molecule has 1 heterocycles. The van der Waals surface area contributed by atoms with Crippen molar-refractivity contribution in [1.29, 1.82) is 0 Å². The van der Waals surface area contributed by atoms with Gasteiger partial charge in [0.2, 0.25) is 0 Å². The number of aryl methyl sites for hydroxylation is 1. The average molecular weight is 353 g/mol. The summed E-state index contributed by atoms with van der Waals surface area (Å²) in [7, 11) is 3.48. The van der Waals surface area contributed by atoms with Crippen LogP contribution in [0.5, 0.6) is 5.75 Å². The van der Waals surface area contributed by atoms with Gasteiger partial charge < -0.3 is 14.5 Å². The van der Waals surface area contributed by atoms with Crippen LogP contribution in [0.25, 0.3) is 11.0 Å². The van der Waals surface area contributed by atoms with Gasteiger partial charge in [-0.05, 0) is 24.6 Å². The number of ether oxygens (including phenoxy) is 1. The van der Waals surface area contributed by atoms with Crippen LogP contribution in [0.4, 0.5) is 4.79 Å². The molecule has 0 spiro atoms. The van der Waals surface area contributed by atoms with E-state index < -0.39 is 11.7 Å². The minimum atomic E-state index is -0.519. The summed E-state index contributed by atoms with van der Waals surface area (Å²) in [5, 5.41) is 4.07. The summed E-state index contributed by atoms with van der Waals surface area (Å²) in [5.74, 6) is 1.15. The maximum Gasteiger partial charge on any atom is 0.412 e. The number of hydrogen-bond donors (Lipinski definition) is 1. The van der Waals surface area contributed by atoms with Crippen molar-refractivity contribution in [2.45, 2.75) is 26.0 Å². The van der Waals surface area contributed by atoms with Crippen LogP contribution in [0.2, 0.25) is 0 Å². The first-order valence-electron chi connectivity index (χ1n) is 7.24. The van der Waals surface area contributed by atoms with Crippen molar-refractivity contribution in [1.82, 2.24) is 5.32 Å². The smallest absolute Gasteiger partial charge is 0.412 e. The number of nitrogens with one attached hydrogen (secondary N) is 1. The van der Waals surface area contributed by atoms with Gasteiger partial charge in [-0.1, -0.05) is 35.4 Å². The Hall–Kier alpha value is -1.60. The fraction of sp³-hybridized carbons (Fsp3) is 0.375. The molecule has 7 heteroatoms. The third-order valence-corrected chi connectivity index (χ3v) is 5.80. The van der Waals surface area contributed by atoms with E-state index in [1.165, 1.54) is 6.07 Å². The molecule has 0 radical (unpaired) electrons. The predicted octanol–water partition coefficient (Wildman–Crippen LogP) is 3.98. The van der Waals surface area contributed by atoms with E-state index in [4.69, 9.17) is 9.15 Å². The molecule has 0 aliphatic rings. The predicted molar refractivity (Wildman–Crippen MR) is 96.4 cm³/mol. The topological polar surface area (TPSA) is 68.5 Å². The van der Waals surface area contributed by atoms with Gasteiger partial charge in [0.15, 0.2) is 0 Å². The summed E-state index contributed by atoms with van der Waals surface area (Å²) < 4.78 is 10.3. The second kappa shape index (κ2) is 8.31. The van der Waals surface area contributed by atoms with Crippen molar-refractivity contribution in [3.63, 3.8) is 0 Å². The van der Waals surface area contributed by atoms with Crippen LogP contribution >= 0.6 is 21.6 Å². The average Bonchev–Trinajstić information content (AvgIpc) is 2.45. The zero-order valence-corrected chi connectivity index (χ0v) is 14.9. The molecule has 0 unspecified atom stereocenters. The largest absolute Gasteiger partial charge is 0.423 e. The number of rotatable bonds is 6. The summed E-state index contributed by atoms with van der Waals surface area (Å²) in [6.07, 6.45) is -0.519. The fourth-order valence-electron chi connectivity index (χ4n) is 1.89. The van der Waals surface area contributed by atoms with E-state index in [-0.39, 0.29) is 0 Å². The van der Waals surface area contributed by atoms with Gasteiger partial charge in [0.05, 0.1) is 0 Å². The van der Waals surface area contributed by atoms with Gasteiger partial charge in [0.25, 0.3) is 0 Å². The molecular formula is C16H19NO4S2. The Balaban J connectivity index is 1.91. The Morgan fingerprint density at radius 1 is 1.35 bits per heavy atom. The maximum absolute atomic E-state index is 11.7. The molecule has 0 atom stereocenters. The lowest BCUT2D eigenvalue weighted by Crippen LogP contribution is -2.28. The van der Waals surface area contributed by atoms with E-state index >= 15 is 0 Å². The maximum atomic E-state index is 11.7. The van der Waals surface area contributed by atoms with Crippen molar-refractivity contribution in [3.8, 4) is 5.75 Å². The van der Waals surface area contributed by atoms with E-state index in [9.17, 15) is 9.59 Å². The minimum absolute atomic E-state index is 0.341. The molecule has 0 fully saturated rings. The van der Waals surface area contributed by atoms with Crippen LogP contribution < -0.4 is 15.7 Å². The molecule has 0 saturated heterocycles. The van der Waals surface area contributed by atoms with Crippen LogP contribution in [0.3, 0.4) is 0 Å². The zero-order valence-electron chi connectivity index (χ0n) is 13.3. The Kier molecular flexibility index (Phi) is 6.41. The van der Waals surface area contributed by atoms with E-state index in [2.05, 4.69) is 19.2 Å². The van der Waals surface area contributed by atoms with E-state index in [1.54, 1.807) is 39.8 Å². The van der Waals surface area contributed by atoms with Gasteiger partial charge in [-0.25, -0.2) is 9.59 Å². The highest BCUT2D eigenvalue weighted by molar-refractivity contribution is 8.76. The van der Waals surface area contributed by atoms with Crippen molar-refractivity contribution >= 4 is 38.7 Å². The van der Waals surface area contributed by atoms with Gasteiger partial charge in [-0.15, -0.1) is 0 Å². The molecule has 1 amide bonds. The molecule has 0 bridgehead atoms. The molecule has 0 saturated carbocycles. The molecule has 1 aromatic carbocycles. The molecule has 5 nitrogen and oxygen atoms in total. The summed E-state index contributed by atoms with van der Waals surface area (Å²) in [6.45, 7) is 6.61. The molecule has 1 N–H and O–H groups in total. The molecule has 2 aromatic rings. The van der Waals surface area contributed by atoms with Crippen LogP contribution in [0, 0.1) is 6.92 Å². The monoisotopic (exact) mass is 353 g/mol. The summed E-state index contributed by atoms with van der Waals surface area (Å²) in [4.78, 5) is 23.1. The minimum Gasteiger partial charge on any atom is -0.423 e. The van der Waals surface area contributed by atoms with Crippen molar-refractivity contribution in [3.05, 3.63) is 40.2 Å². The number of carbonyl (C=O) groups excluding carboxylic acids is 1. The highest BCUT2D eigenvalue weighted by atomic mass is 33.1. The third kappa shape index (κ3) is 5.51. The molecule has 23 heavy (non-hydrogen) atoms. The van der Waals surface area contributed by atoms with Gasteiger partial charge in [0, 0.05) is 35.1 Å². The summed E-state index contributed by atoms with van der Waals surface area (Å²) in [6, 6.07) is 6.43. The van der Waals surface area contributed by atoms with Gasteiger partial charge in [-0.2, -0.15) is 0 Å². The fourth-order valence-corrected chi connectivity index (χ4v) is 3.80. The molecule has 0 aliphatic heterocycles. The molecule has 0 aliphatic carbocycles. The number of benzene rings is 1. The highest BCUT2D eigenvalue weighted by Crippen LogP contribution is 2.25. The van der Waals surface area contributed by atoms with Crippen LogP contribution in [-0.4, -0.2) is 23.6 Å². The van der Waals surface area contributed by atoms with Crippen molar-refractivity contribution in [2.75, 3.05) is 12.3 Å². The highest BCUT2D eigenvalue weighted by Gasteiger charge is 2.08. The van der Waals surface area contributed by atoms with Crippen molar-refractivity contribution in [2.24, 2.45) is 0 Å². The number of carbonyl (C=O) groups is 1. The van der Waals surface area contributed by atoms with E-state index in [0.29, 0.717) is 23.1 Å². The third-order valence-electron chi connectivity index (χ3n) is 2.85. The Bertz CT molecular complexity index is 742. The second-order valence-electron chi connectivity index (χ2n) is 5.19. The SMILES string of the molecule is Cc1cc(=O)oc2cc(OC(=O)NCCSSC(C)C)ccc12. The van der Waals surface area contributed by atoms with Crippen LogP contribution in [0.1, 0.15) is 19.4 Å². The quantitative estimate of drug-likeness (QED) is 0.481. The molecule has 124 valence electrons. The number of amides is 1.